The Hall–Kier alpha value is -0.850. The lowest BCUT2D eigenvalue weighted by atomic mass is 9.57. The number of piperidine rings is 1. The summed E-state index contributed by atoms with van der Waals surface area (Å²) in [4.78, 5) is 7.12. The van der Waals surface area contributed by atoms with Crippen molar-refractivity contribution < 1.29 is 9.47 Å². The Balaban J connectivity index is 1.23. The van der Waals surface area contributed by atoms with Gasteiger partial charge in [-0.2, -0.15) is 0 Å². The maximum Gasteiger partial charge on any atom is 0.191 e. The molecule has 26 heavy (non-hydrogen) atoms. The van der Waals surface area contributed by atoms with E-state index in [1.54, 1.807) is 0 Å². The third-order valence-corrected chi connectivity index (χ3v) is 7.09. The molecule has 0 radical (unpaired) electrons. The zero-order chi connectivity index (χ0) is 18.1. The summed E-state index contributed by atoms with van der Waals surface area (Å²) in [6.07, 6.45) is 5.21. The van der Waals surface area contributed by atoms with Crippen molar-refractivity contribution >= 4 is 5.96 Å². The third-order valence-electron chi connectivity index (χ3n) is 7.09. The average Bonchev–Trinajstić information content (AvgIpc) is 3.30. The van der Waals surface area contributed by atoms with Crippen LogP contribution in [0.1, 0.15) is 39.5 Å². The van der Waals surface area contributed by atoms with E-state index in [9.17, 15) is 0 Å². The van der Waals surface area contributed by atoms with Crippen LogP contribution >= 0.6 is 0 Å². The Bertz CT molecular complexity index is 510. The standard InChI is InChI=1S/C20H36N4O2/c1-20(2)17(16-7-11-26-18(16)20)23-19(21-3)22-15-4-8-24(9-5-15)12-14-6-10-25-13-14/h14-18H,4-13H2,1-3H3,(H2,21,22,23). The Morgan fingerprint density at radius 3 is 2.62 bits per heavy atom. The highest BCUT2D eigenvalue weighted by molar-refractivity contribution is 5.80. The number of aliphatic imine (C=N–C) groups is 1. The third kappa shape index (κ3) is 3.60. The van der Waals surface area contributed by atoms with Gasteiger partial charge in [0.05, 0.1) is 12.7 Å². The second kappa shape index (κ2) is 7.64. The molecule has 0 spiro atoms. The number of nitrogens with zero attached hydrogens (tertiary/aromatic N) is 2. The molecular formula is C20H36N4O2. The minimum Gasteiger partial charge on any atom is -0.381 e. The number of hydrogen-bond acceptors (Lipinski definition) is 4. The first-order chi connectivity index (χ1) is 12.6. The first-order valence-corrected chi connectivity index (χ1v) is 10.5. The lowest BCUT2D eigenvalue weighted by Gasteiger charge is -2.55. The van der Waals surface area contributed by atoms with Gasteiger partial charge in [0.15, 0.2) is 5.96 Å². The molecule has 3 saturated heterocycles. The Kier molecular flexibility index (Phi) is 5.44. The topological polar surface area (TPSA) is 58.1 Å². The van der Waals surface area contributed by atoms with Crippen LogP contribution < -0.4 is 10.6 Å². The van der Waals surface area contributed by atoms with Crippen LogP contribution in [0, 0.1) is 17.3 Å². The van der Waals surface area contributed by atoms with Gasteiger partial charge in [-0.05, 0) is 31.6 Å². The zero-order valence-corrected chi connectivity index (χ0v) is 16.7. The first kappa shape index (κ1) is 18.5. The van der Waals surface area contributed by atoms with Gasteiger partial charge in [-0.1, -0.05) is 13.8 Å². The van der Waals surface area contributed by atoms with Crippen molar-refractivity contribution in [3.05, 3.63) is 0 Å². The number of nitrogens with one attached hydrogen (secondary N) is 2. The van der Waals surface area contributed by atoms with Crippen LogP contribution in [-0.4, -0.2) is 75.5 Å². The van der Waals surface area contributed by atoms with Gasteiger partial charge in [0.1, 0.15) is 0 Å². The zero-order valence-electron chi connectivity index (χ0n) is 16.7. The largest absolute Gasteiger partial charge is 0.381 e. The predicted molar refractivity (Wildman–Crippen MR) is 103 cm³/mol. The van der Waals surface area contributed by atoms with Gasteiger partial charge in [0.2, 0.25) is 0 Å². The molecule has 148 valence electrons. The molecule has 4 atom stereocenters. The van der Waals surface area contributed by atoms with Gasteiger partial charge in [0.25, 0.3) is 0 Å². The fourth-order valence-corrected chi connectivity index (χ4v) is 5.48. The van der Waals surface area contributed by atoms with E-state index in [2.05, 4.69) is 34.4 Å². The number of guanidine groups is 1. The molecule has 4 fully saturated rings. The van der Waals surface area contributed by atoms with E-state index in [1.807, 2.05) is 7.05 Å². The summed E-state index contributed by atoms with van der Waals surface area (Å²) in [6, 6.07) is 0.986. The predicted octanol–water partition coefficient (Wildman–Crippen LogP) is 1.47. The van der Waals surface area contributed by atoms with Crippen LogP contribution in [0.15, 0.2) is 4.99 Å². The molecule has 6 heteroatoms. The highest BCUT2D eigenvalue weighted by Crippen LogP contribution is 2.52. The quantitative estimate of drug-likeness (QED) is 0.584. The molecule has 4 rings (SSSR count). The van der Waals surface area contributed by atoms with Crippen LogP contribution in [0.2, 0.25) is 0 Å². The molecule has 0 aromatic rings. The minimum atomic E-state index is 0.186. The molecule has 6 nitrogen and oxygen atoms in total. The van der Waals surface area contributed by atoms with E-state index >= 15 is 0 Å². The van der Waals surface area contributed by atoms with Crippen molar-refractivity contribution in [2.45, 2.75) is 57.7 Å². The molecular weight excluding hydrogens is 328 g/mol. The van der Waals surface area contributed by atoms with Crippen molar-refractivity contribution in [3.8, 4) is 0 Å². The molecule has 0 aromatic heterocycles. The van der Waals surface area contributed by atoms with E-state index < -0.39 is 0 Å². The molecule has 1 saturated carbocycles. The Morgan fingerprint density at radius 2 is 1.92 bits per heavy atom. The number of fused-ring (bicyclic) bond motifs is 1. The van der Waals surface area contributed by atoms with Gasteiger partial charge in [-0.25, -0.2) is 0 Å². The SMILES string of the molecule is CN=C(NC1CCN(CC2CCOC2)CC1)NC1C2CCOC2C1(C)C. The van der Waals surface area contributed by atoms with E-state index in [4.69, 9.17) is 9.47 Å². The van der Waals surface area contributed by atoms with Gasteiger partial charge in [-0.3, -0.25) is 4.99 Å². The Labute approximate surface area is 158 Å². The van der Waals surface area contributed by atoms with Crippen molar-refractivity contribution in [3.63, 3.8) is 0 Å². The highest BCUT2D eigenvalue weighted by Gasteiger charge is 2.59. The molecule has 3 heterocycles. The summed E-state index contributed by atoms with van der Waals surface area (Å²) in [5, 5.41) is 7.39. The molecule has 2 N–H and O–H groups in total. The summed E-state index contributed by atoms with van der Waals surface area (Å²) in [7, 11) is 1.89. The maximum absolute atomic E-state index is 5.91. The molecule has 4 aliphatic rings. The van der Waals surface area contributed by atoms with Gasteiger partial charge in [0, 0.05) is 63.3 Å². The first-order valence-electron chi connectivity index (χ1n) is 10.5. The molecule has 0 amide bonds. The Morgan fingerprint density at radius 1 is 1.12 bits per heavy atom. The highest BCUT2D eigenvalue weighted by atomic mass is 16.5. The van der Waals surface area contributed by atoms with E-state index in [0.717, 1.165) is 31.7 Å². The number of rotatable bonds is 4. The number of hydrogen-bond donors (Lipinski definition) is 2. The maximum atomic E-state index is 5.91. The van der Waals surface area contributed by atoms with Crippen LogP contribution in [0.3, 0.4) is 0 Å². The fourth-order valence-electron chi connectivity index (χ4n) is 5.48. The van der Waals surface area contributed by atoms with Crippen LogP contribution in [-0.2, 0) is 9.47 Å². The molecule has 3 aliphatic heterocycles. The van der Waals surface area contributed by atoms with Crippen LogP contribution in [0.5, 0.6) is 0 Å². The van der Waals surface area contributed by atoms with E-state index in [1.165, 1.54) is 45.3 Å². The minimum absolute atomic E-state index is 0.186. The summed E-state index contributed by atoms with van der Waals surface area (Å²) < 4.78 is 11.4. The molecule has 4 unspecified atom stereocenters. The fraction of sp³-hybridized carbons (Fsp3) is 0.950. The van der Waals surface area contributed by atoms with E-state index in [0.29, 0.717) is 24.1 Å². The van der Waals surface area contributed by atoms with Gasteiger partial charge < -0.3 is 25.0 Å². The normalized spacial score (nSPS) is 38.0. The van der Waals surface area contributed by atoms with Gasteiger partial charge >= 0.3 is 0 Å². The lowest BCUT2D eigenvalue weighted by Crippen LogP contribution is -2.68. The van der Waals surface area contributed by atoms with Crippen LogP contribution in [0.25, 0.3) is 0 Å². The number of likely N-dealkylation sites (tertiary alicyclic amines) is 1. The molecule has 1 aliphatic carbocycles. The van der Waals surface area contributed by atoms with Crippen LogP contribution in [0.4, 0.5) is 0 Å². The lowest BCUT2D eigenvalue weighted by molar-refractivity contribution is -0.106. The average molecular weight is 365 g/mol. The van der Waals surface area contributed by atoms with E-state index in [-0.39, 0.29) is 5.41 Å². The second-order valence-corrected chi connectivity index (χ2v) is 9.21. The number of ether oxygens (including phenoxy) is 2. The second-order valence-electron chi connectivity index (χ2n) is 9.21. The molecule has 0 aromatic carbocycles. The van der Waals surface area contributed by atoms with Crippen molar-refractivity contribution in [2.75, 3.05) is 46.5 Å². The van der Waals surface area contributed by atoms with Crippen molar-refractivity contribution in [1.82, 2.24) is 15.5 Å². The smallest absolute Gasteiger partial charge is 0.191 e. The summed E-state index contributed by atoms with van der Waals surface area (Å²) >= 11 is 0. The summed E-state index contributed by atoms with van der Waals surface area (Å²) in [5.41, 5.74) is 0.186. The van der Waals surface area contributed by atoms with Crippen molar-refractivity contribution in [1.29, 1.82) is 0 Å². The summed E-state index contributed by atoms with van der Waals surface area (Å²) in [5.74, 6) is 2.35. The van der Waals surface area contributed by atoms with Crippen molar-refractivity contribution in [2.24, 2.45) is 22.2 Å². The summed E-state index contributed by atoms with van der Waals surface area (Å²) in [6.45, 7) is 11.0. The monoisotopic (exact) mass is 364 g/mol. The molecule has 0 bridgehead atoms. The van der Waals surface area contributed by atoms with Gasteiger partial charge in [-0.15, -0.1) is 0 Å².